The average molecular weight is 590 g/mol. The first-order valence-corrected chi connectivity index (χ1v) is 16.0. The van der Waals surface area contributed by atoms with E-state index in [9.17, 15) is 0 Å². The highest BCUT2D eigenvalue weighted by Gasteiger charge is 2.25. The van der Waals surface area contributed by atoms with Crippen LogP contribution in [0, 0.1) is 0 Å². The Hall–Kier alpha value is -5.86. The van der Waals surface area contributed by atoms with Gasteiger partial charge >= 0.3 is 0 Å². The molecule has 0 saturated heterocycles. The van der Waals surface area contributed by atoms with Crippen molar-refractivity contribution in [1.29, 1.82) is 0 Å². The van der Waals surface area contributed by atoms with E-state index in [2.05, 4.69) is 169 Å². The second-order valence-corrected chi connectivity index (χ2v) is 12.1. The second-order valence-electron chi connectivity index (χ2n) is 12.1. The molecule has 1 aromatic heterocycles. The van der Waals surface area contributed by atoms with Gasteiger partial charge in [0.05, 0.1) is 0 Å². The zero-order valence-corrected chi connectivity index (χ0v) is 25.3. The van der Waals surface area contributed by atoms with Crippen molar-refractivity contribution in [2.24, 2.45) is 0 Å². The van der Waals surface area contributed by atoms with Gasteiger partial charge < -0.3 is 9.32 Å². The highest BCUT2D eigenvalue weighted by atomic mass is 16.3. The molecule has 218 valence electrons. The quantitative estimate of drug-likeness (QED) is 0.186. The van der Waals surface area contributed by atoms with Gasteiger partial charge in [-0.2, -0.15) is 0 Å². The maximum atomic E-state index is 6.36. The largest absolute Gasteiger partial charge is 0.460 e. The molecule has 0 aliphatic heterocycles. The number of allylic oxidation sites excluding steroid dienone is 1. The number of hydrogen-bond donors (Lipinski definition) is 0. The van der Waals surface area contributed by atoms with Gasteiger partial charge in [-0.15, -0.1) is 0 Å². The lowest BCUT2D eigenvalue weighted by Gasteiger charge is -2.30. The van der Waals surface area contributed by atoms with Crippen molar-refractivity contribution in [3.63, 3.8) is 0 Å². The zero-order chi connectivity index (χ0) is 30.5. The molecule has 0 spiro atoms. The number of hydrogen-bond acceptors (Lipinski definition) is 2. The molecule has 7 aromatic carbocycles. The Kier molecular flexibility index (Phi) is 6.31. The first-order valence-electron chi connectivity index (χ1n) is 16.0. The molecule has 1 aliphatic rings. The van der Waals surface area contributed by atoms with Crippen molar-refractivity contribution in [1.82, 2.24) is 0 Å². The van der Waals surface area contributed by atoms with Crippen molar-refractivity contribution < 1.29 is 4.42 Å². The summed E-state index contributed by atoms with van der Waals surface area (Å²) in [5.74, 6) is 1.25. The van der Waals surface area contributed by atoms with E-state index in [1.165, 1.54) is 54.9 Å². The Morgan fingerprint density at radius 2 is 1.24 bits per heavy atom. The van der Waals surface area contributed by atoms with Crippen LogP contribution in [0.5, 0.6) is 0 Å². The minimum absolute atomic E-state index is 0.195. The Morgan fingerprint density at radius 1 is 0.522 bits per heavy atom. The maximum Gasteiger partial charge on any atom is 0.134 e. The van der Waals surface area contributed by atoms with Gasteiger partial charge in [0.15, 0.2) is 0 Å². The monoisotopic (exact) mass is 589 g/mol. The molecule has 9 rings (SSSR count). The Bertz CT molecular complexity index is 2400. The van der Waals surface area contributed by atoms with Crippen molar-refractivity contribution >= 4 is 55.7 Å². The number of fused-ring (bicyclic) bond motifs is 6. The number of anilines is 3. The molecule has 0 saturated carbocycles. The summed E-state index contributed by atoms with van der Waals surface area (Å²) in [6.45, 7) is 0. The molecule has 0 fully saturated rings. The van der Waals surface area contributed by atoms with Crippen LogP contribution in [0.15, 0.2) is 168 Å². The minimum Gasteiger partial charge on any atom is -0.460 e. The smallest absolute Gasteiger partial charge is 0.134 e. The topological polar surface area (TPSA) is 16.4 Å². The zero-order valence-electron chi connectivity index (χ0n) is 25.3. The standard InChI is InChI=1S/C44H31NO/c1-2-12-33(13-3-1)45(42-19-8-6-15-37(42)32-24-28-41-40-16-7-9-20-43(40)46-44(41)29-32)34-25-21-31(22-26-34)36-17-10-18-38-35-14-5-4-11-30(35)23-27-39(36)38/h1-28,32H,29H2. The van der Waals surface area contributed by atoms with Crippen molar-refractivity contribution in [3.8, 4) is 11.1 Å². The number of furan rings is 1. The predicted molar refractivity (Wildman–Crippen MR) is 193 cm³/mol. The Balaban J connectivity index is 1.13. The van der Waals surface area contributed by atoms with Crippen molar-refractivity contribution in [2.45, 2.75) is 12.3 Å². The maximum absolute atomic E-state index is 6.36. The van der Waals surface area contributed by atoms with Gasteiger partial charge in [-0.05, 0) is 74.6 Å². The molecular formula is C44H31NO. The van der Waals surface area contributed by atoms with Gasteiger partial charge in [-0.1, -0.05) is 133 Å². The van der Waals surface area contributed by atoms with Crippen LogP contribution in [0.4, 0.5) is 17.1 Å². The van der Waals surface area contributed by atoms with E-state index in [0.29, 0.717) is 0 Å². The van der Waals surface area contributed by atoms with Crippen molar-refractivity contribution in [3.05, 3.63) is 181 Å². The summed E-state index contributed by atoms with van der Waals surface area (Å²) in [5.41, 5.74) is 9.32. The molecule has 0 radical (unpaired) electrons. The summed E-state index contributed by atoms with van der Waals surface area (Å²) < 4.78 is 6.36. The summed E-state index contributed by atoms with van der Waals surface area (Å²) in [4.78, 5) is 2.39. The van der Waals surface area contributed by atoms with Crippen LogP contribution >= 0.6 is 0 Å². The molecule has 0 amide bonds. The summed E-state index contributed by atoms with van der Waals surface area (Å²) in [6.07, 6.45) is 5.43. The molecule has 0 bridgehead atoms. The van der Waals surface area contributed by atoms with Gasteiger partial charge in [-0.25, -0.2) is 0 Å². The molecule has 1 atom stereocenters. The molecule has 1 aliphatic carbocycles. The SMILES string of the molecule is C1=CC(c2ccccc2N(c2ccccc2)c2ccc(-c3cccc4c3ccc3ccccc34)cc2)Cc2oc3ccccc3c21. The van der Waals surface area contributed by atoms with Crippen LogP contribution < -0.4 is 4.90 Å². The van der Waals surface area contributed by atoms with Crippen LogP contribution in [0.25, 0.3) is 49.7 Å². The van der Waals surface area contributed by atoms with Gasteiger partial charge in [0.1, 0.15) is 11.3 Å². The summed E-state index contributed by atoms with van der Waals surface area (Å²) in [6, 6.07) is 56.6. The molecule has 46 heavy (non-hydrogen) atoms. The predicted octanol–water partition coefficient (Wildman–Crippen LogP) is 12.2. The molecule has 1 unspecified atom stereocenters. The normalized spacial score (nSPS) is 14.1. The molecule has 0 N–H and O–H groups in total. The van der Waals surface area contributed by atoms with Crippen LogP contribution in [-0.4, -0.2) is 0 Å². The second kappa shape index (κ2) is 10.9. The van der Waals surface area contributed by atoms with Crippen LogP contribution in [0.2, 0.25) is 0 Å². The summed E-state index contributed by atoms with van der Waals surface area (Å²) >= 11 is 0. The first-order chi connectivity index (χ1) is 22.8. The van der Waals surface area contributed by atoms with E-state index in [1.54, 1.807) is 0 Å². The van der Waals surface area contributed by atoms with Gasteiger partial charge in [0, 0.05) is 40.4 Å². The summed E-state index contributed by atoms with van der Waals surface area (Å²) in [5, 5.41) is 6.30. The lowest BCUT2D eigenvalue weighted by atomic mass is 9.87. The van der Waals surface area contributed by atoms with Crippen LogP contribution in [-0.2, 0) is 6.42 Å². The number of nitrogens with zero attached hydrogens (tertiary/aromatic N) is 1. The third-order valence-corrected chi connectivity index (χ3v) is 9.43. The van der Waals surface area contributed by atoms with Crippen LogP contribution in [0.1, 0.15) is 22.8 Å². The number of para-hydroxylation sites is 3. The van der Waals surface area contributed by atoms with E-state index >= 15 is 0 Å². The average Bonchev–Trinajstić information content (AvgIpc) is 3.50. The van der Waals surface area contributed by atoms with Gasteiger partial charge in [-0.3, -0.25) is 0 Å². The van der Waals surface area contributed by atoms with Gasteiger partial charge in [0.2, 0.25) is 0 Å². The highest BCUT2D eigenvalue weighted by molar-refractivity contribution is 6.12. The van der Waals surface area contributed by atoms with E-state index in [4.69, 9.17) is 4.42 Å². The molecule has 2 nitrogen and oxygen atoms in total. The van der Waals surface area contributed by atoms with Gasteiger partial charge in [0.25, 0.3) is 0 Å². The molecule has 8 aromatic rings. The first kappa shape index (κ1) is 26.5. The number of benzene rings is 7. The molecule has 2 heteroatoms. The molecule has 1 heterocycles. The van der Waals surface area contributed by atoms with E-state index in [0.717, 1.165) is 29.1 Å². The highest BCUT2D eigenvalue weighted by Crippen LogP contribution is 2.44. The third-order valence-electron chi connectivity index (χ3n) is 9.43. The van der Waals surface area contributed by atoms with Crippen molar-refractivity contribution in [2.75, 3.05) is 4.90 Å². The Morgan fingerprint density at radius 3 is 2.13 bits per heavy atom. The fourth-order valence-corrected chi connectivity index (χ4v) is 7.24. The Labute approximate surface area is 268 Å². The third kappa shape index (κ3) is 4.42. The van der Waals surface area contributed by atoms with E-state index < -0.39 is 0 Å². The van der Waals surface area contributed by atoms with Crippen LogP contribution in [0.3, 0.4) is 0 Å². The van der Waals surface area contributed by atoms with E-state index in [-0.39, 0.29) is 5.92 Å². The lowest BCUT2D eigenvalue weighted by Crippen LogP contribution is -2.14. The lowest BCUT2D eigenvalue weighted by molar-refractivity contribution is 0.533. The fraction of sp³-hybridized carbons (Fsp3) is 0.0455. The fourth-order valence-electron chi connectivity index (χ4n) is 7.24. The van der Waals surface area contributed by atoms with E-state index in [1.807, 2.05) is 6.07 Å². The number of rotatable bonds is 5. The summed E-state index contributed by atoms with van der Waals surface area (Å²) in [7, 11) is 0. The molecular weight excluding hydrogens is 558 g/mol. The minimum atomic E-state index is 0.195.